The van der Waals surface area contributed by atoms with Crippen LogP contribution in [0.5, 0.6) is 0 Å². The Morgan fingerprint density at radius 1 is 1.28 bits per heavy atom. The third kappa shape index (κ3) is 2.51. The van der Waals surface area contributed by atoms with E-state index in [0.717, 1.165) is 25.1 Å². The number of aliphatic carboxylic acids is 1. The van der Waals surface area contributed by atoms with Gasteiger partial charge in [0.1, 0.15) is 17.2 Å². The van der Waals surface area contributed by atoms with Crippen LogP contribution in [0.25, 0.3) is 0 Å². The third-order valence-electron chi connectivity index (χ3n) is 3.01. The Balaban J connectivity index is 3.39. The zero-order chi connectivity index (χ0) is 14.1. The first-order chi connectivity index (χ1) is 8.19. The van der Waals surface area contributed by atoms with Crippen LogP contribution in [-0.2, 0) is 10.4 Å². The Morgan fingerprint density at radius 2 is 1.72 bits per heavy atom. The molecule has 100 valence electrons. The minimum absolute atomic E-state index is 0.475. The second-order valence-electron chi connectivity index (χ2n) is 4.80. The largest absolute Gasteiger partial charge is 0.481 e. The van der Waals surface area contributed by atoms with Crippen molar-refractivity contribution in [2.45, 2.75) is 26.4 Å². The summed E-state index contributed by atoms with van der Waals surface area (Å²) in [4.78, 5) is 11.2. The molecular formula is C13H16F2O3. The molecule has 5 heteroatoms. The fraction of sp³-hybridized carbons (Fsp3) is 0.462. The van der Waals surface area contributed by atoms with Crippen LogP contribution in [0.1, 0.15) is 26.3 Å². The van der Waals surface area contributed by atoms with Gasteiger partial charge in [-0.3, -0.25) is 4.79 Å². The van der Waals surface area contributed by atoms with Gasteiger partial charge in [0.15, 0.2) is 0 Å². The lowest BCUT2D eigenvalue weighted by atomic mass is 9.76. The summed E-state index contributed by atoms with van der Waals surface area (Å²) in [7, 11) is 0. The van der Waals surface area contributed by atoms with Gasteiger partial charge in [0.2, 0.25) is 0 Å². The topological polar surface area (TPSA) is 57.5 Å². The summed E-state index contributed by atoms with van der Waals surface area (Å²) in [6, 6.07) is 3.15. The predicted molar refractivity (Wildman–Crippen MR) is 61.9 cm³/mol. The van der Waals surface area contributed by atoms with Crippen LogP contribution >= 0.6 is 0 Å². The standard InChI is InChI=1S/C13H16F2O3/c1-7(2)10(12(16)17)13(3,18)11-8(14)5-4-6-9(11)15/h4-7,10,18H,1-3H3,(H,16,17). The number of carbonyl (C=O) groups is 1. The van der Waals surface area contributed by atoms with Crippen molar-refractivity contribution in [3.63, 3.8) is 0 Å². The molecule has 2 unspecified atom stereocenters. The minimum Gasteiger partial charge on any atom is -0.481 e. The van der Waals surface area contributed by atoms with Crippen LogP contribution in [0.2, 0.25) is 0 Å². The number of benzene rings is 1. The number of hydrogen-bond donors (Lipinski definition) is 2. The number of carboxylic acids is 1. The molecular weight excluding hydrogens is 242 g/mol. The van der Waals surface area contributed by atoms with E-state index in [0.29, 0.717) is 0 Å². The van der Waals surface area contributed by atoms with Crippen LogP contribution in [0.4, 0.5) is 8.78 Å². The van der Waals surface area contributed by atoms with Gasteiger partial charge in [0.25, 0.3) is 0 Å². The molecule has 0 heterocycles. The van der Waals surface area contributed by atoms with E-state index in [1.807, 2.05) is 0 Å². The minimum atomic E-state index is -2.12. The summed E-state index contributed by atoms with van der Waals surface area (Å²) >= 11 is 0. The van der Waals surface area contributed by atoms with Gasteiger partial charge in [-0.1, -0.05) is 19.9 Å². The lowest BCUT2D eigenvalue weighted by Crippen LogP contribution is -2.41. The molecule has 1 aromatic rings. The van der Waals surface area contributed by atoms with Gasteiger partial charge in [-0.2, -0.15) is 0 Å². The fourth-order valence-electron chi connectivity index (χ4n) is 2.31. The Kier molecular flexibility index (Phi) is 4.06. The van der Waals surface area contributed by atoms with Gasteiger partial charge >= 0.3 is 5.97 Å². The van der Waals surface area contributed by atoms with Gasteiger partial charge in [0.05, 0.1) is 11.5 Å². The van der Waals surface area contributed by atoms with E-state index in [9.17, 15) is 18.7 Å². The maximum atomic E-state index is 13.6. The van der Waals surface area contributed by atoms with E-state index in [2.05, 4.69) is 0 Å². The Morgan fingerprint density at radius 3 is 2.06 bits per heavy atom. The van der Waals surface area contributed by atoms with Crippen molar-refractivity contribution in [2.24, 2.45) is 11.8 Å². The summed E-state index contributed by atoms with van der Waals surface area (Å²) in [6.07, 6.45) is 0. The monoisotopic (exact) mass is 258 g/mol. The number of hydrogen-bond acceptors (Lipinski definition) is 2. The second-order valence-corrected chi connectivity index (χ2v) is 4.80. The van der Waals surface area contributed by atoms with Gasteiger partial charge in [-0.25, -0.2) is 8.78 Å². The van der Waals surface area contributed by atoms with Crippen LogP contribution in [0, 0.1) is 23.5 Å². The van der Waals surface area contributed by atoms with Gasteiger partial charge in [-0.15, -0.1) is 0 Å². The Labute approximate surface area is 104 Å². The molecule has 3 nitrogen and oxygen atoms in total. The molecule has 0 aliphatic carbocycles. The SMILES string of the molecule is CC(C)C(C(=O)O)C(C)(O)c1c(F)cccc1F. The van der Waals surface area contributed by atoms with Crippen molar-refractivity contribution >= 4 is 5.97 Å². The van der Waals surface area contributed by atoms with Crippen molar-refractivity contribution in [1.82, 2.24) is 0 Å². The molecule has 0 spiro atoms. The third-order valence-corrected chi connectivity index (χ3v) is 3.01. The molecule has 0 bridgehead atoms. The average Bonchev–Trinajstić information content (AvgIpc) is 2.13. The van der Waals surface area contributed by atoms with E-state index in [1.165, 1.54) is 0 Å². The smallest absolute Gasteiger partial charge is 0.310 e. The highest BCUT2D eigenvalue weighted by Crippen LogP contribution is 2.37. The van der Waals surface area contributed by atoms with Gasteiger partial charge in [-0.05, 0) is 25.0 Å². The maximum Gasteiger partial charge on any atom is 0.310 e. The van der Waals surface area contributed by atoms with Crippen molar-refractivity contribution in [2.75, 3.05) is 0 Å². The van der Waals surface area contributed by atoms with Crippen LogP contribution in [0.15, 0.2) is 18.2 Å². The van der Waals surface area contributed by atoms with Crippen molar-refractivity contribution < 1.29 is 23.8 Å². The average molecular weight is 258 g/mol. The normalized spacial score (nSPS) is 16.4. The van der Waals surface area contributed by atoms with E-state index in [4.69, 9.17) is 5.11 Å². The Hall–Kier alpha value is -1.49. The first-order valence-corrected chi connectivity index (χ1v) is 5.59. The molecule has 0 aliphatic heterocycles. The predicted octanol–water partition coefficient (Wildman–Crippen LogP) is 2.53. The molecule has 1 rings (SSSR count). The molecule has 0 fully saturated rings. The summed E-state index contributed by atoms with van der Waals surface area (Å²) in [5, 5.41) is 19.4. The lowest BCUT2D eigenvalue weighted by Gasteiger charge is -2.33. The maximum absolute atomic E-state index is 13.6. The highest BCUT2D eigenvalue weighted by molar-refractivity contribution is 5.72. The van der Waals surface area contributed by atoms with Crippen molar-refractivity contribution in [3.8, 4) is 0 Å². The van der Waals surface area contributed by atoms with Crippen molar-refractivity contribution in [1.29, 1.82) is 0 Å². The molecule has 0 saturated heterocycles. The number of aliphatic hydroxyl groups is 1. The quantitative estimate of drug-likeness (QED) is 0.872. The second kappa shape index (κ2) is 5.02. The molecule has 2 N–H and O–H groups in total. The zero-order valence-corrected chi connectivity index (χ0v) is 10.4. The summed E-state index contributed by atoms with van der Waals surface area (Å²) in [5.41, 5.74) is -2.72. The molecule has 0 aliphatic rings. The highest BCUT2D eigenvalue weighted by atomic mass is 19.1. The van der Waals surface area contributed by atoms with Crippen LogP contribution < -0.4 is 0 Å². The molecule has 0 amide bonds. The lowest BCUT2D eigenvalue weighted by molar-refractivity contribution is -0.155. The molecule has 18 heavy (non-hydrogen) atoms. The molecule has 1 aromatic carbocycles. The van der Waals surface area contributed by atoms with Gasteiger partial charge in [0, 0.05) is 0 Å². The molecule has 0 saturated carbocycles. The van der Waals surface area contributed by atoms with E-state index in [-0.39, 0.29) is 0 Å². The number of rotatable bonds is 4. The highest BCUT2D eigenvalue weighted by Gasteiger charge is 2.44. The van der Waals surface area contributed by atoms with E-state index < -0.39 is 40.6 Å². The van der Waals surface area contributed by atoms with Crippen LogP contribution in [-0.4, -0.2) is 16.2 Å². The number of carboxylic acid groups (broad SMARTS) is 1. The number of halogens is 2. The Bertz CT molecular complexity index is 435. The molecule has 0 aromatic heterocycles. The summed E-state index contributed by atoms with van der Waals surface area (Å²) in [5.74, 6) is -4.98. The molecule has 2 atom stereocenters. The van der Waals surface area contributed by atoms with Gasteiger partial charge < -0.3 is 10.2 Å². The zero-order valence-electron chi connectivity index (χ0n) is 10.4. The first-order valence-electron chi connectivity index (χ1n) is 5.59. The van der Waals surface area contributed by atoms with E-state index in [1.54, 1.807) is 13.8 Å². The molecule has 0 radical (unpaired) electrons. The fourth-order valence-corrected chi connectivity index (χ4v) is 2.31. The first kappa shape index (κ1) is 14.6. The van der Waals surface area contributed by atoms with E-state index >= 15 is 0 Å². The van der Waals surface area contributed by atoms with Crippen LogP contribution in [0.3, 0.4) is 0 Å². The van der Waals surface area contributed by atoms with Crippen molar-refractivity contribution in [3.05, 3.63) is 35.4 Å². The summed E-state index contributed by atoms with van der Waals surface area (Å²) in [6.45, 7) is 4.27. The summed E-state index contributed by atoms with van der Waals surface area (Å²) < 4.78 is 27.3.